The van der Waals surface area contributed by atoms with Gasteiger partial charge in [-0.1, -0.05) is 17.7 Å². The smallest absolute Gasteiger partial charge is 0.241 e. The molecule has 1 unspecified atom stereocenters. The monoisotopic (exact) mass is 293 g/mol. The Morgan fingerprint density at radius 1 is 1.24 bits per heavy atom. The van der Waals surface area contributed by atoms with Gasteiger partial charge in [-0.15, -0.1) is 0 Å². The summed E-state index contributed by atoms with van der Waals surface area (Å²) >= 11 is 0. The summed E-state index contributed by atoms with van der Waals surface area (Å²) in [5.74, 6) is -0.342. The third kappa shape index (κ3) is 6.87. The zero-order valence-electron chi connectivity index (χ0n) is 12.7. The molecule has 3 N–H and O–H groups in total. The molecule has 6 nitrogen and oxygen atoms in total. The SMILES string of the molecule is COCCNC(=O)CNC(C)C(=O)Nc1ccc(C)cc1. The Morgan fingerprint density at radius 3 is 2.52 bits per heavy atom. The molecule has 0 radical (unpaired) electrons. The fourth-order valence-electron chi connectivity index (χ4n) is 1.58. The predicted octanol–water partition coefficient (Wildman–Crippen LogP) is 0.674. The van der Waals surface area contributed by atoms with E-state index in [1.807, 2.05) is 31.2 Å². The molecule has 21 heavy (non-hydrogen) atoms. The summed E-state index contributed by atoms with van der Waals surface area (Å²) in [4.78, 5) is 23.4. The van der Waals surface area contributed by atoms with E-state index in [0.717, 1.165) is 11.3 Å². The van der Waals surface area contributed by atoms with E-state index in [-0.39, 0.29) is 18.4 Å². The molecule has 116 valence electrons. The van der Waals surface area contributed by atoms with E-state index in [2.05, 4.69) is 16.0 Å². The van der Waals surface area contributed by atoms with E-state index >= 15 is 0 Å². The van der Waals surface area contributed by atoms with Crippen LogP contribution in [0.4, 0.5) is 5.69 Å². The fraction of sp³-hybridized carbons (Fsp3) is 0.467. The van der Waals surface area contributed by atoms with Crippen LogP contribution in [0.2, 0.25) is 0 Å². The first-order valence-electron chi connectivity index (χ1n) is 6.89. The average Bonchev–Trinajstić information content (AvgIpc) is 2.47. The van der Waals surface area contributed by atoms with Gasteiger partial charge in [0.2, 0.25) is 11.8 Å². The number of aryl methyl sites for hydroxylation is 1. The molecular weight excluding hydrogens is 270 g/mol. The molecule has 0 aliphatic heterocycles. The lowest BCUT2D eigenvalue weighted by atomic mass is 10.2. The highest BCUT2D eigenvalue weighted by molar-refractivity contribution is 5.94. The van der Waals surface area contributed by atoms with Crippen LogP contribution < -0.4 is 16.0 Å². The highest BCUT2D eigenvalue weighted by Gasteiger charge is 2.13. The minimum atomic E-state index is -0.459. The summed E-state index contributed by atoms with van der Waals surface area (Å²) in [5.41, 5.74) is 1.87. The molecule has 6 heteroatoms. The van der Waals surface area contributed by atoms with Crippen LogP contribution in [0.3, 0.4) is 0 Å². The van der Waals surface area contributed by atoms with Crippen LogP contribution in [0, 0.1) is 6.92 Å². The quantitative estimate of drug-likeness (QED) is 0.616. The third-order valence-electron chi connectivity index (χ3n) is 2.91. The highest BCUT2D eigenvalue weighted by Crippen LogP contribution is 2.08. The Balaban J connectivity index is 2.30. The van der Waals surface area contributed by atoms with Crippen molar-refractivity contribution in [1.82, 2.24) is 10.6 Å². The molecule has 2 amide bonds. The van der Waals surface area contributed by atoms with Gasteiger partial charge in [-0.2, -0.15) is 0 Å². The summed E-state index contributed by atoms with van der Waals surface area (Å²) < 4.78 is 4.83. The molecule has 0 bridgehead atoms. The van der Waals surface area contributed by atoms with E-state index in [4.69, 9.17) is 4.74 Å². The van der Waals surface area contributed by atoms with E-state index in [0.29, 0.717) is 13.2 Å². The molecule has 0 aliphatic carbocycles. The van der Waals surface area contributed by atoms with Crippen molar-refractivity contribution >= 4 is 17.5 Å². The number of amides is 2. The van der Waals surface area contributed by atoms with Crippen LogP contribution in [0.5, 0.6) is 0 Å². The molecular formula is C15H23N3O3. The Morgan fingerprint density at radius 2 is 1.90 bits per heavy atom. The highest BCUT2D eigenvalue weighted by atomic mass is 16.5. The number of carbonyl (C=O) groups excluding carboxylic acids is 2. The van der Waals surface area contributed by atoms with E-state index in [9.17, 15) is 9.59 Å². The maximum absolute atomic E-state index is 11.9. The standard InChI is InChI=1S/C15H23N3O3/c1-11-4-6-13(7-5-11)18-15(20)12(2)17-10-14(19)16-8-9-21-3/h4-7,12,17H,8-10H2,1-3H3,(H,16,19)(H,18,20). The number of nitrogens with one attached hydrogen (secondary N) is 3. The van der Waals surface area contributed by atoms with Gasteiger partial charge in [0.25, 0.3) is 0 Å². The molecule has 0 saturated carbocycles. The zero-order valence-corrected chi connectivity index (χ0v) is 12.7. The summed E-state index contributed by atoms with van der Waals surface area (Å²) in [5, 5.41) is 8.34. The fourth-order valence-corrected chi connectivity index (χ4v) is 1.58. The van der Waals surface area contributed by atoms with Gasteiger partial charge >= 0.3 is 0 Å². The van der Waals surface area contributed by atoms with E-state index < -0.39 is 6.04 Å². The average molecular weight is 293 g/mol. The molecule has 1 aromatic carbocycles. The number of hydrogen-bond donors (Lipinski definition) is 3. The van der Waals surface area contributed by atoms with Gasteiger partial charge in [-0.25, -0.2) is 0 Å². The number of rotatable bonds is 8. The summed E-state index contributed by atoms with van der Waals surface area (Å²) in [6, 6.07) is 7.09. The lowest BCUT2D eigenvalue weighted by Crippen LogP contribution is -2.44. The number of benzene rings is 1. The Hall–Kier alpha value is -1.92. The second kappa shape index (κ2) is 9.10. The van der Waals surface area contributed by atoms with Crippen molar-refractivity contribution in [3.63, 3.8) is 0 Å². The van der Waals surface area contributed by atoms with Crippen molar-refractivity contribution in [2.24, 2.45) is 0 Å². The van der Waals surface area contributed by atoms with Crippen molar-refractivity contribution in [2.45, 2.75) is 19.9 Å². The topological polar surface area (TPSA) is 79.5 Å². The van der Waals surface area contributed by atoms with Crippen LogP contribution in [0.25, 0.3) is 0 Å². The Bertz CT molecular complexity index is 460. The van der Waals surface area contributed by atoms with Gasteiger partial charge in [0.15, 0.2) is 0 Å². The van der Waals surface area contributed by atoms with E-state index in [1.165, 1.54) is 0 Å². The number of carbonyl (C=O) groups is 2. The Labute approximate surface area is 125 Å². The van der Waals surface area contributed by atoms with Gasteiger partial charge < -0.3 is 15.4 Å². The number of anilines is 1. The summed E-state index contributed by atoms with van der Waals surface area (Å²) in [7, 11) is 1.57. The van der Waals surface area contributed by atoms with Gasteiger partial charge in [-0.3, -0.25) is 14.9 Å². The first-order valence-corrected chi connectivity index (χ1v) is 6.89. The first kappa shape index (κ1) is 17.1. The maximum atomic E-state index is 11.9. The molecule has 1 aromatic rings. The number of hydrogen-bond acceptors (Lipinski definition) is 4. The molecule has 0 heterocycles. The maximum Gasteiger partial charge on any atom is 0.241 e. The van der Waals surface area contributed by atoms with Crippen molar-refractivity contribution in [2.75, 3.05) is 32.1 Å². The lowest BCUT2D eigenvalue weighted by Gasteiger charge is -2.14. The van der Waals surface area contributed by atoms with Gasteiger partial charge in [-0.05, 0) is 26.0 Å². The molecule has 1 rings (SSSR count). The molecule has 0 fully saturated rings. The van der Waals surface area contributed by atoms with Gasteiger partial charge in [0.05, 0.1) is 19.2 Å². The Kier molecular flexibility index (Phi) is 7.42. The number of ether oxygens (including phenoxy) is 1. The van der Waals surface area contributed by atoms with E-state index in [1.54, 1.807) is 14.0 Å². The van der Waals surface area contributed by atoms with Gasteiger partial charge in [0, 0.05) is 19.3 Å². The molecule has 0 saturated heterocycles. The molecule has 1 atom stereocenters. The second-order valence-corrected chi connectivity index (χ2v) is 4.80. The van der Waals surface area contributed by atoms with Crippen molar-refractivity contribution in [3.05, 3.63) is 29.8 Å². The summed E-state index contributed by atoms with van der Waals surface area (Å²) in [6.07, 6.45) is 0. The van der Waals surface area contributed by atoms with Crippen molar-refractivity contribution < 1.29 is 14.3 Å². The first-order chi connectivity index (χ1) is 10.0. The van der Waals surface area contributed by atoms with Crippen LogP contribution in [-0.4, -0.2) is 44.7 Å². The predicted molar refractivity (Wildman–Crippen MR) is 82.2 cm³/mol. The van der Waals surface area contributed by atoms with Crippen LogP contribution in [-0.2, 0) is 14.3 Å². The molecule has 0 aliphatic rings. The van der Waals surface area contributed by atoms with Crippen LogP contribution >= 0.6 is 0 Å². The van der Waals surface area contributed by atoms with Crippen molar-refractivity contribution in [1.29, 1.82) is 0 Å². The minimum Gasteiger partial charge on any atom is -0.383 e. The molecule has 0 spiro atoms. The zero-order chi connectivity index (χ0) is 15.7. The van der Waals surface area contributed by atoms with Gasteiger partial charge in [0.1, 0.15) is 0 Å². The van der Waals surface area contributed by atoms with Crippen molar-refractivity contribution in [3.8, 4) is 0 Å². The third-order valence-corrected chi connectivity index (χ3v) is 2.91. The normalized spacial score (nSPS) is 11.8. The number of methoxy groups -OCH3 is 1. The lowest BCUT2D eigenvalue weighted by molar-refractivity contribution is -0.121. The molecule has 0 aromatic heterocycles. The van der Waals surface area contributed by atoms with Crippen LogP contribution in [0.1, 0.15) is 12.5 Å². The second-order valence-electron chi connectivity index (χ2n) is 4.80. The van der Waals surface area contributed by atoms with Crippen LogP contribution in [0.15, 0.2) is 24.3 Å². The summed E-state index contributed by atoms with van der Waals surface area (Å²) in [6.45, 7) is 4.71. The largest absolute Gasteiger partial charge is 0.383 e. The minimum absolute atomic E-state index is 0.0895.